The maximum atomic E-state index is 12.9. The molecule has 0 N–H and O–H groups in total. The number of carbonyl (C=O) groups excluding carboxylic acids is 1. The van der Waals surface area contributed by atoms with E-state index in [0.717, 1.165) is 29.0 Å². The van der Waals surface area contributed by atoms with E-state index in [2.05, 4.69) is 10.2 Å². The Bertz CT molecular complexity index is 975. The molecule has 0 radical (unpaired) electrons. The molecule has 27 heavy (non-hydrogen) atoms. The van der Waals surface area contributed by atoms with Gasteiger partial charge >= 0.3 is 6.18 Å². The molecule has 1 aliphatic heterocycles. The topological polar surface area (TPSA) is 46.1 Å². The van der Waals surface area contributed by atoms with Gasteiger partial charge in [0.05, 0.1) is 11.3 Å². The minimum Gasteiger partial charge on any atom is -0.273 e. The predicted octanol–water partition coefficient (Wildman–Crippen LogP) is 5.00. The fourth-order valence-corrected chi connectivity index (χ4v) is 4.86. The molecule has 0 unspecified atom stereocenters. The van der Waals surface area contributed by atoms with Crippen LogP contribution in [-0.4, -0.2) is 21.9 Å². The highest BCUT2D eigenvalue weighted by atomic mass is 32.2. The highest BCUT2D eigenvalue weighted by Gasteiger charge is 2.36. The van der Waals surface area contributed by atoms with Crippen molar-refractivity contribution in [2.24, 2.45) is 0 Å². The van der Waals surface area contributed by atoms with Gasteiger partial charge in [0.25, 0.3) is 0 Å². The van der Waals surface area contributed by atoms with Crippen molar-refractivity contribution in [1.29, 1.82) is 0 Å². The molecule has 1 aliphatic rings. The Balaban J connectivity index is 1.67. The van der Waals surface area contributed by atoms with Crippen molar-refractivity contribution in [1.82, 2.24) is 10.2 Å². The average molecular weight is 407 g/mol. The van der Waals surface area contributed by atoms with Gasteiger partial charge in [-0.3, -0.25) is 9.69 Å². The standard InChI is InChI=1S/C18H12F3N3OS2/c19-18(20,21)13-8-4-7-12(9-13)15-22-23-17(27-15)24-14(25)10-26-16(24)11-5-2-1-3-6-11/h1-9,16H,10H2/t16-/m0/s1. The van der Waals surface area contributed by atoms with Gasteiger partial charge in [-0.2, -0.15) is 13.2 Å². The van der Waals surface area contributed by atoms with Crippen molar-refractivity contribution in [2.45, 2.75) is 11.6 Å². The molecule has 2 aromatic carbocycles. The van der Waals surface area contributed by atoms with E-state index in [4.69, 9.17) is 0 Å². The first kappa shape index (κ1) is 18.0. The SMILES string of the molecule is O=C1CS[C@@H](c2ccccc2)N1c1nnc(-c2cccc(C(F)(F)F)c2)s1. The summed E-state index contributed by atoms with van der Waals surface area (Å²) in [4.78, 5) is 13.9. The molecule has 1 atom stereocenters. The first-order valence-corrected chi connectivity index (χ1v) is 9.80. The van der Waals surface area contributed by atoms with Crippen LogP contribution < -0.4 is 4.90 Å². The lowest BCUT2D eigenvalue weighted by molar-refractivity contribution is -0.137. The van der Waals surface area contributed by atoms with Gasteiger partial charge in [0.2, 0.25) is 11.0 Å². The molecular weight excluding hydrogens is 395 g/mol. The lowest BCUT2D eigenvalue weighted by atomic mass is 10.1. The summed E-state index contributed by atoms with van der Waals surface area (Å²) in [6, 6.07) is 14.5. The van der Waals surface area contributed by atoms with E-state index >= 15 is 0 Å². The normalized spacial score (nSPS) is 17.5. The van der Waals surface area contributed by atoms with Crippen LogP contribution in [0.1, 0.15) is 16.5 Å². The van der Waals surface area contributed by atoms with E-state index in [-0.39, 0.29) is 11.3 Å². The number of anilines is 1. The second-order valence-electron chi connectivity index (χ2n) is 5.81. The fraction of sp³-hybridized carbons (Fsp3) is 0.167. The highest BCUT2D eigenvalue weighted by Crippen LogP contribution is 2.43. The highest BCUT2D eigenvalue weighted by molar-refractivity contribution is 8.00. The molecule has 0 spiro atoms. The predicted molar refractivity (Wildman–Crippen MR) is 99.5 cm³/mol. The van der Waals surface area contributed by atoms with Crippen LogP contribution in [0.25, 0.3) is 10.6 Å². The zero-order chi connectivity index (χ0) is 19.0. The number of alkyl halides is 3. The Hall–Kier alpha value is -2.39. The molecule has 138 valence electrons. The molecule has 1 fully saturated rings. The Morgan fingerprint density at radius 2 is 1.81 bits per heavy atom. The van der Waals surface area contributed by atoms with E-state index < -0.39 is 11.7 Å². The third-order valence-electron chi connectivity index (χ3n) is 4.01. The third-order valence-corrected chi connectivity index (χ3v) is 6.19. The van der Waals surface area contributed by atoms with Crippen molar-refractivity contribution in [3.63, 3.8) is 0 Å². The summed E-state index contributed by atoms with van der Waals surface area (Å²) in [7, 11) is 0. The molecule has 9 heteroatoms. The summed E-state index contributed by atoms with van der Waals surface area (Å²) in [6.07, 6.45) is -4.43. The Morgan fingerprint density at radius 3 is 2.56 bits per heavy atom. The number of carbonyl (C=O) groups is 1. The Kier molecular flexibility index (Phi) is 4.65. The molecular formula is C18H12F3N3OS2. The van der Waals surface area contributed by atoms with Gasteiger partial charge in [0, 0.05) is 5.56 Å². The van der Waals surface area contributed by atoms with Gasteiger partial charge in [0.1, 0.15) is 10.4 Å². The zero-order valence-electron chi connectivity index (χ0n) is 13.7. The quantitative estimate of drug-likeness (QED) is 0.613. The van der Waals surface area contributed by atoms with Gasteiger partial charge in [-0.05, 0) is 17.7 Å². The minimum atomic E-state index is -4.43. The number of aromatic nitrogens is 2. The van der Waals surface area contributed by atoms with Crippen LogP contribution in [0.15, 0.2) is 54.6 Å². The summed E-state index contributed by atoms with van der Waals surface area (Å²) in [5.41, 5.74) is 0.542. The molecule has 4 nitrogen and oxygen atoms in total. The number of hydrogen-bond acceptors (Lipinski definition) is 5. The first-order chi connectivity index (χ1) is 12.9. The number of benzene rings is 2. The monoisotopic (exact) mass is 407 g/mol. The largest absolute Gasteiger partial charge is 0.416 e. The molecule has 1 aromatic heterocycles. The van der Waals surface area contributed by atoms with E-state index in [1.807, 2.05) is 30.3 Å². The number of halogens is 3. The second kappa shape index (κ2) is 6.97. The second-order valence-corrected chi connectivity index (χ2v) is 7.83. The fourth-order valence-electron chi connectivity index (χ4n) is 2.75. The number of rotatable bonds is 3. The number of thioether (sulfide) groups is 1. The van der Waals surface area contributed by atoms with Crippen LogP contribution in [0.3, 0.4) is 0 Å². The van der Waals surface area contributed by atoms with E-state index in [0.29, 0.717) is 21.5 Å². The van der Waals surface area contributed by atoms with Crippen molar-refractivity contribution in [2.75, 3.05) is 10.7 Å². The molecule has 1 amide bonds. The number of amides is 1. The maximum absolute atomic E-state index is 12.9. The lowest BCUT2D eigenvalue weighted by Gasteiger charge is -2.20. The Labute approximate surface area is 161 Å². The molecule has 0 bridgehead atoms. The molecule has 0 saturated carbocycles. The summed E-state index contributed by atoms with van der Waals surface area (Å²) < 4.78 is 38.8. The van der Waals surface area contributed by atoms with Gasteiger partial charge in [-0.15, -0.1) is 22.0 Å². The number of hydrogen-bond donors (Lipinski definition) is 0. The Morgan fingerprint density at radius 1 is 1.04 bits per heavy atom. The van der Waals surface area contributed by atoms with Crippen LogP contribution in [-0.2, 0) is 11.0 Å². The minimum absolute atomic E-state index is 0.0967. The number of nitrogens with zero attached hydrogens (tertiary/aromatic N) is 3. The third kappa shape index (κ3) is 3.57. The van der Waals surface area contributed by atoms with Gasteiger partial charge in [-0.25, -0.2) is 0 Å². The van der Waals surface area contributed by atoms with E-state index in [1.165, 1.54) is 17.8 Å². The van der Waals surface area contributed by atoms with Crippen molar-refractivity contribution in [3.8, 4) is 10.6 Å². The van der Waals surface area contributed by atoms with Crippen LogP contribution in [0.5, 0.6) is 0 Å². The summed E-state index contributed by atoms with van der Waals surface area (Å²) in [5.74, 6) is 0.221. The van der Waals surface area contributed by atoms with Crippen molar-refractivity contribution < 1.29 is 18.0 Å². The van der Waals surface area contributed by atoms with Gasteiger partial charge < -0.3 is 0 Å². The van der Waals surface area contributed by atoms with Crippen LogP contribution in [0.2, 0.25) is 0 Å². The summed E-state index contributed by atoms with van der Waals surface area (Å²) in [5, 5.41) is 8.59. The van der Waals surface area contributed by atoms with Crippen LogP contribution in [0.4, 0.5) is 18.3 Å². The molecule has 2 heterocycles. The van der Waals surface area contributed by atoms with E-state index in [9.17, 15) is 18.0 Å². The molecule has 3 aromatic rings. The smallest absolute Gasteiger partial charge is 0.273 e. The van der Waals surface area contributed by atoms with Crippen LogP contribution >= 0.6 is 23.1 Å². The van der Waals surface area contributed by atoms with E-state index in [1.54, 1.807) is 11.0 Å². The molecule has 1 saturated heterocycles. The van der Waals surface area contributed by atoms with Crippen molar-refractivity contribution >= 4 is 34.1 Å². The average Bonchev–Trinajstić information content (AvgIpc) is 3.28. The van der Waals surface area contributed by atoms with Gasteiger partial charge in [-0.1, -0.05) is 53.8 Å². The molecule has 4 rings (SSSR count). The summed E-state index contributed by atoms with van der Waals surface area (Å²) in [6.45, 7) is 0. The molecule has 0 aliphatic carbocycles. The maximum Gasteiger partial charge on any atom is 0.416 e. The van der Waals surface area contributed by atoms with Crippen molar-refractivity contribution in [3.05, 3.63) is 65.7 Å². The lowest BCUT2D eigenvalue weighted by Crippen LogP contribution is -2.27. The first-order valence-electron chi connectivity index (χ1n) is 7.93. The van der Waals surface area contributed by atoms with Gasteiger partial charge in [0.15, 0.2) is 0 Å². The van der Waals surface area contributed by atoms with Crippen LogP contribution in [0, 0.1) is 0 Å². The summed E-state index contributed by atoms with van der Waals surface area (Å²) >= 11 is 2.59. The zero-order valence-corrected chi connectivity index (χ0v) is 15.3.